The summed E-state index contributed by atoms with van der Waals surface area (Å²) in [5.74, 6) is 0.743. The van der Waals surface area contributed by atoms with Gasteiger partial charge in [-0.05, 0) is 36.5 Å². The van der Waals surface area contributed by atoms with Crippen molar-refractivity contribution in [3.05, 3.63) is 28.2 Å². The van der Waals surface area contributed by atoms with E-state index in [0.29, 0.717) is 6.67 Å². The van der Waals surface area contributed by atoms with Crippen LogP contribution in [0, 0.1) is 9.87 Å². The number of esters is 1. The highest BCUT2D eigenvalue weighted by Gasteiger charge is 2.28. The van der Waals surface area contributed by atoms with Crippen LogP contribution >= 0.6 is 23.6 Å². The van der Waals surface area contributed by atoms with Gasteiger partial charge in [-0.3, -0.25) is 4.79 Å². The van der Waals surface area contributed by atoms with Crippen LogP contribution in [0.25, 0.3) is 0 Å². The van der Waals surface area contributed by atoms with E-state index in [0.717, 1.165) is 46.5 Å². The summed E-state index contributed by atoms with van der Waals surface area (Å²) in [5, 5.41) is 8.63. The number of quaternary nitrogens is 1. The standard InChI is InChI=1S/C17H22N4O3S2/c1-23-14-5-3-13(4-6-14)18-16-19-21(17(25)26-16)11-20-9-7-12(8-10-20)15(22)24-2/h3-6,12H,7-11H2,1-2H3,(H,18,19)/p+1. The Morgan fingerprint density at radius 1 is 1.35 bits per heavy atom. The average molecular weight is 396 g/mol. The summed E-state index contributed by atoms with van der Waals surface area (Å²) >= 11 is 6.91. The van der Waals surface area contributed by atoms with Crippen LogP contribution in [-0.2, 0) is 16.2 Å². The van der Waals surface area contributed by atoms with Crippen molar-refractivity contribution in [3.8, 4) is 5.75 Å². The summed E-state index contributed by atoms with van der Waals surface area (Å²) in [6.07, 6.45) is 1.69. The van der Waals surface area contributed by atoms with Gasteiger partial charge in [-0.2, -0.15) is 4.68 Å². The molecule has 0 saturated carbocycles. The predicted octanol–water partition coefficient (Wildman–Crippen LogP) is 1.85. The van der Waals surface area contributed by atoms with Crippen molar-refractivity contribution >= 4 is 40.3 Å². The normalized spacial score (nSPS) is 19.8. The molecule has 0 unspecified atom stereocenters. The molecule has 1 saturated heterocycles. The van der Waals surface area contributed by atoms with Crippen LogP contribution in [0.1, 0.15) is 12.8 Å². The van der Waals surface area contributed by atoms with Gasteiger partial charge >= 0.3 is 5.97 Å². The fourth-order valence-electron chi connectivity index (χ4n) is 3.05. The summed E-state index contributed by atoms with van der Waals surface area (Å²) in [6.45, 7) is 2.55. The smallest absolute Gasteiger partial charge is 0.309 e. The highest BCUT2D eigenvalue weighted by Crippen LogP contribution is 2.22. The van der Waals surface area contributed by atoms with Crippen LogP contribution in [-0.4, -0.2) is 43.1 Å². The molecule has 0 bridgehead atoms. The van der Waals surface area contributed by atoms with E-state index in [9.17, 15) is 4.79 Å². The molecule has 2 N–H and O–H groups in total. The molecule has 2 aromatic rings. The van der Waals surface area contributed by atoms with Crippen LogP contribution in [0.15, 0.2) is 24.3 Å². The van der Waals surface area contributed by atoms with Crippen molar-refractivity contribution in [2.24, 2.45) is 5.92 Å². The zero-order chi connectivity index (χ0) is 18.5. The fraction of sp³-hybridized carbons (Fsp3) is 0.471. The molecule has 9 heteroatoms. The van der Waals surface area contributed by atoms with E-state index in [1.54, 1.807) is 7.11 Å². The van der Waals surface area contributed by atoms with Crippen molar-refractivity contribution in [2.75, 3.05) is 32.6 Å². The SMILES string of the molecule is COC(=O)C1CC[NH+](Cn2nc(Nc3ccc(OC)cc3)sc2=S)CC1. The number of nitrogens with zero attached hydrogens (tertiary/aromatic N) is 2. The molecule has 0 spiro atoms. The van der Waals surface area contributed by atoms with Crippen LogP contribution in [0.3, 0.4) is 0 Å². The number of benzene rings is 1. The lowest BCUT2D eigenvalue weighted by atomic mass is 9.97. The summed E-state index contributed by atoms with van der Waals surface area (Å²) in [6, 6.07) is 7.68. The third-order valence-electron chi connectivity index (χ3n) is 4.55. The number of carbonyl (C=O) groups excluding carboxylic acids is 1. The monoisotopic (exact) mass is 395 g/mol. The third kappa shape index (κ3) is 4.60. The van der Waals surface area contributed by atoms with Crippen molar-refractivity contribution in [2.45, 2.75) is 19.5 Å². The van der Waals surface area contributed by atoms with Crippen molar-refractivity contribution in [3.63, 3.8) is 0 Å². The first-order valence-electron chi connectivity index (χ1n) is 8.49. The summed E-state index contributed by atoms with van der Waals surface area (Å²) < 4.78 is 12.6. The van der Waals surface area contributed by atoms with E-state index in [-0.39, 0.29) is 11.9 Å². The summed E-state index contributed by atoms with van der Waals surface area (Å²) in [5.41, 5.74) is 0.938. The Hall–Kier alpha value is -1.97. The maximum Gasteiger partial charge on any atom is 0.309 e. The second kappa shape index (κ2) is 8.61. The van der Waals surface area contributed by atoms with Gasteiger partial charge < -0.3 is 19.7 Å². The predicted molar refractivity (Wildman–Crippen MR) is 103 cm³/mol. The first-order valence-corrected chi connectivity index (χ1v) is 9.72. The molecule has 1 aliphatic rings. The van der Waals surface area contributed by atoms with Crippen LogP contribution in [0.5, 0.6) is 5.75 Å². The van der Waals surface area contributed by atoms with E-state index < -0.39 is 0 Å². The molecule has 26 heavy (non-hydrogen) atoms. The Kier molecular flexibility index (Phi) is 6.23. The molecule has 7 nitrogen and oxygen atoms in total. The molecule has 0 atom stereocenters. The van der Waals surface area contributed by atoms with Gasteiger partial charge in [0.05, 0.1) is 33.2 Å². The molecule has 1 aromatic carbocycles. The molecule has 0 aliphatic carbocycles. The van der Waals surface area contributed by atoms with E-state index >= 15 is 0 Å². The minimum Gasteiger partial charge on any atom is -0.497 e. The molecule has 2 heterocycles. The molecule has 1 aliphatic heterocycles. The van der Waals surface area contributed by atoms with Crippen molar-refractivity contribution in [1.29, 1.82) is 0 Å². The van der Waals surface area contributed by atoms with E-state index in [1.165, 1.54) is 23.3 Å². The Bertz CT molecular complexity index is 795. The Labute approximate surface area is 161 Å². The van der Waals surface area contributed by atoms with Crippen molar-refractivity contribution < 1.29 is 19.2 Å². The lowest BCUT2D eigenvalue weighted by Gasteiger charge is -2.27. The van der Waals surface area contributed by atoms with Gasteiger partial charge in [0.15, 0.2) is 10.6 Å². The number of hydrogen-bond donors (Lipinski definition) is 2. The fourth-order valence-corrected chi connectivity index (χ4v) is 4.08. The number of ether oxygens (including phenoxy) is 2. The van der Waals surface area contributed by atoms with E-state index in [2.05, 4.69) is 10.4 Å². The molecule has 0 radical (unpaired) electrons. The van der Waals surface area contributed by atoms with Crippen LogP contribution in [0.2, 0.25) is 0 Å². The van der Waals surface area contributed by atoms with Gasteiger partial charge in [0, 0.05) is 18.5 Å². The molecule has 0 amide bonds. The number of aromatic nitrogens is 2. The van der Waals surface area contributed by atoms with Gasteiger partial charge in [-0.1, -0.05) is 11.3 Å². The zero-order valence-corrected chi connectivity index (χ0v) is 16.5. The number of methoxy groups -OCH3 is 2. The van der Waals surface area contributed by atoms with Gasteiger partial charge in [-0.15, -0.1) is 5.10 Å². The third-order valence-corrected chi connectivity index (χ3v) is 5.77. The number of piperidine rings is 1. The van der Waals surface area contributed by atoms with Gasteiger partial charge in [-0.25, -0.2) is 0 Å². The second-order valence-electron chi connectivity index (χ2n) is 6.23. The Morgan fingerprint density at radius 2 is 2.04 bits per heavy atom. The first kappa shape index (κ1) is 18.8. The van der Waals surface area contributed by atoms with Crippen LogP contribution < -0.4 is 15.0 Å². The minimum absolute atomic E-state index is 0.0273. The van der Waals surface area contributed by atoms with Gasteiger partial charge in [0.25, 0.3) is 0 Å². The summed E-state index contributed by atoms with van der Waals surface area (Å²) in [4.78, 5) is 13.0. The number of carbonyl (C=O) groups is 1. The lowest BCUT2D eigenvalue weighted by Crippen LogP contribution is -3.12. The highest BCUT2D eigenvalue weighted by atomic mass is 32.1. The van der Waals surface area contributed by atoms with Crippen LogP contribution in [0.4, 0.5) is 10.8 Å². The lowest BCUT2D eigenvalue weighted by molar-refractivity contribution is -0.928. The number of hydrogen-bond acceptors (Lipinski definition) is 7. The quantitative estimate of drug-likeness (QED) is 0.575. The van der Waals surface area contributed by atoms with Crippen molar-refractivity contribution in [1.82, 2.24) is 9.78 Å². The molecular weight excluding hydrogens is 372 g/mol. The van der Waals surface area contributed by atoms with Gasteiger partial charge in [0.1, 0.15) is 5.75 Å². The highest BCUT2D eigenvalue weighted by molar-refractivity contribution is 7.73. The largest absolute Gasteiger partial charge is 0.497 e. The van der Waals surface area contributed by atoms with Gasteiger partial charge in [0.2, 0.25) is 5.13 Å². The topological polar surface area (TPSA) is 69.8 Å². The Balaban J connectivity index is 1.58. The maximum atomic E-state index is 11.6. The molecule has 1 fully saturated rings. The number of nitrogens with one attached hydrogen (secondary N) is 2. The number of likely N-dealkylation sites (tertiary alicyclic amines) is 1. The van der Waals surface area contributed by atoms with E-state index in [1.807, 2.05) is 28.9 Å². The number of anilines is 2. The van der Waals surface area contributed by atoms with E-state index in [4.69, 9.17) is 21.7 Å². The first-order chi connectivity index (χ1) is 12.6. The molecule has 140 valence electrons. The second-order valence-corrected chi connectivity index (χ2v) is 7.85. The zero-order valence-electron chi connectivity index (χ0n) is 14.9. The number of rotatable bonds is 6. The maximum absolute atomic E-state index is 11.6. The minimum atomic E-state index is -0.0969. The summed E-state index contributed by atoms with van der Waals surface area (Å²) in [7, 11) is 3.10. The molecular formula is C17H23N4O3S2+. The Morgan fingerprint density at radius 3 is 2.65 bits per heavy atom. The molecule has 1 aromatic heterocycles. The molecule has 3 rings (SSSR count). The average Bonchev–Trinajstić information content (AvgIpc) is 3.01.